The van der Waals surface area contributed by atoms with Crippen LogP contribution in [-0.2, 0) is 20.9 Å². The van der Waals surface area contributed by atoms with Gasteiger partial charge in [0, 0.05) is 10.6 Å². The van der Waals surface area contributed by atoms with Crippen LogP contribution in [0.4, 0.5) is 5.69 Å². The van der Waals surface area contributed by atoms with Crippen LogP contribution >= 0.6 is 11.8 Å². The van der Waals surface area contributed by atoms with Crippen LogP contribution < -0.4 is 9.64 Å². The molecule has 0 atom stereocenters. The summed E-state index contributed by atoms with van der Waals surface area (Å²) in [6.07, 6.45) is 3.69. The first-order chi connectivity index (χ1) is 16.5. The Kier molecular flexibility index (Phi) is 7.18. The van der Waals surface area contributed by atoms with Crippen molar-refractivity contribution in [2.75, 3.05) is 18.3 Å². The summed E-state index contributed by atoms with van der Waals surface area (Å²) in [6, 6.07) is 25.0. The molecule has 4 rings (SSSR count). The first kappa shape index (κ1) is 23.4. The van der Waals surface area contributed by atoms with Crippen molar-refractivity contribution in [2.24, 2.45) is 0 Å². The zero-order valence-electron chi connectivity index (χ0n) is 19.3. The third kappa shape index (κ3) is 4.92. The SMILES string of the molecule is COC(=O)C1=C(C)N(c2cccc(SC)c2)C(=O)/C1=C\c1cccc(OCc2ccccc2)c1. The molecule has 0 saturated heterocycles. The normalized spacial score (nSPS) is 14.6. The van der Waals surface area contributed by atoms with Gasteiger partial charge in [0.05, 0.1) is 23.9 Å². The number of hydrogen-bond donors (Lipinski definition) is 0. The van der Waals surface area contributed by atoms with Crippen molar-refractivity contribution in [3.05, 3.63) is 107 Å². The number of methoxy groups -OCH3 is 1. The molecule has 3 aromatic carbocycles. The minimum Gasteiger partial charge on any atom is -0.489 e. The molecule has 0 radical (unpaired) electrons. The number of anilines is 1. The highest BCUT2D eigenvalue weighted by Crippen LogP contribution is 2.36. The third-order valence-electron chi connectivity index (χ3n) is 5.52. The van der Waals surface area contributed by atoms with E-state index in [0.717, 1.165) is 16.0 Å². The Morgan fingerprint density at radius 1 is 1.00 bits per heavy atom. The maximum atomic E-state index is 13.5. The highest BCUT2D eigenvalue weighted by atomic mass is 32.2. The lowest BCUT2D eigenvalue weighted by molar-refractivity contribution is -0.136. The molecular formula is C28H25NO4S. The molecule has 0 fully saturated rings. The van der Waals surface area contributed by atoms with E-state index in [1.807, 2.05) is 85.1 Å². The molecule has 1 heterocycles. The predicted octanol–water partition coefficient (Wildman–Crippen LogP) is 5.86. The van der Waals surface area contributed by atoms with Gasteiger partial charge in [-0.2, -0.15) is 0 Å². The summed E-state index contributed by atoms with van der Waals surface area (Å²) in [5, 5.41) is 0. The molecule has 1 aliphatic heterocycles. The van der Waals surface area contributed by atoms with Gasteiger partial charge in [0.2, 0.25) is 0 Å². The summed E-state index contributed by atoms with van der Waals surface area (Å²) in [5.74, 6) is -0.141. The predicted molar refractivity (Wildman–Crippen MR) is 136 cm³/mol. The molecule has 6 heteroatoms. The number of hydrogen-bond acceptors (Lipinski definition) is 5. The Morgan fingerprint density at radius 3 is 2.50 bits per heavy atom. The van der Waals surface area contributed by atoms with Crippen molar-refractivity contribution in [3.63, 3.8) is 0 Å². The van der Waals surface area contributed by atoms with Gasteiger partial charge < -0.3 is 9.47 Å². The van der Waals surface area contributed by atoms with Crippen molar-refractivity contribution in [3.8, 4) is 5.75 Å². The van der Waals surface area contributed by atoms with Crippen molar-refractivity contribution < 1.29 is 19.1 Å². The Morgan fingerprint density at radius 2 is 1.76 bits per heavy atom. The van der Waals surface area contributed by atoms with Crippen LogP contribution in [0.15, 0.2) is 101 Å². The molecule has 0 unspecified atom stereocenters. The standard InChI is InChI=1S/C28H25NO4S/c1-19-26(28(31)32-2)25(27(30)29(19)22-12-8-14-24(17-22)34-3)16-21-11-7-13-23(15-21)33-18-20-9-5-4-6-10-20/h4-17H,18H2,1-3H3/b25-16-. The molecule has 5 nitrogen and oxygen atoms in total. The van der Waals surface area contributed by atoms with Gasteiger partial charge in [-0.1, -0.05) is 48.5 Å². The monoisotopic (exact) mass is 471 g/mol. The summed E-state index contributed by atoms with van der Waals surface area (Å²) in [5.41, 5.74) is 3.61. The van der Waals surface area contributed by atoms with Crippen LogP contribution in [-0.4, -0.2) is 25.2 Å². The minimum atomic E-state index is -0.544. The van der Waals surface area contributed by atoms with Gasteiger partial charge >= 0.3 is 5.97 Å². The van der Waals surface area contributed by atoms with E-state index in [2.05, 4.69) is 0 Å². The van der Waals surface area contributed by atoms with Crippen LogP contribution in [0.25, 0.3) is 6.08 Å². The van der Waals surface area contributed by atoms with Gasteiger partial charge in [0.25, 0.3) is 5.91 Å². The lowest BCUT2D eigenvalue weighted by Gasteiger charge is -2.18. The van der Waals surface area contributed by atoms with Crippen molar-refractivity contribution in [1.29, 1.82) is 0 Å². The third-order valence-corrected chi connectivity index (χ3v) is 6.24. The molecule has 0 aliphatic carbocycles. The molecule has 0 saturated carbocycles. The Balaban J connectivity index is 1.67. The van der Waals surface area contributed by atoms with Crippen LogP contribution in [0, 0.1) is 0 Å². The number of benzene rings is 3. The van der Waals surface area contributed by atoms with E-state index in [-0.39, 0.29) is 11.5 Å². The molecule has 1 aliphatic rings. The number of carbonyl (C=O) groups is 2. The summed E-state index contributed by atoms with van der Waals surface area (Å²) < 4.78 is 10.9. The van der Waals surface area contributed by atoms with E-state index in [9.17, 15) is 9.59 Å². The van der Waals surface area contributed by atoms with Gasteiger partial charge in [0.1, 0.15) is 12.4 Å². The summed E-state index contributed by atoms with van der Waals surface area (Å²) in [4.78, 5) is 28.8. The first-order valence-corrected chi connectivity index (χ1v) is 12.0. The summed E-state index contributed by atoms with van der Waals surface area (Å²) in [6.45, 7) is 2.20. The topological polar surface area (TPSA) is 55.8 Å². The van der Waals surface area contributed by atoms with Crippen LogP contribution in [0.1, 0.15) is 18.1 Å². The quantitative estimate of drug-likeness (QED) is 0.245. The largest absolute Gasteiger partial charge is 0.489 e. The molecular weight excluding hydrogens is 446 g/mol. The van der Waals surface area contributed by atoms with E-state index < -0.39 is 5.97 Å². The molecule has 34 heavy (non-hydrogen) atoms. The smallest absolute Gasteiger partial charge is 0.340 e. The first-order valence-electron chi connectivity index (χ1n) is 10.8. The van der Waals surface area contributed by atoms with Gasteiger partial charge in [-0.3, -0.25) is 9.69 Å². The maximum absolute atomic E-state index is 13.5. The second-order valence-corrected chi connectivity index (χ2v) is 8.58. The van der Waals surface area contributed by atoms with Gasteiger partial charge in [-0.05, 0) is 60.7 Å². The zero-order valence-corrected chi connectivity index (χ0v) is 20.1. The van der Waals surface area contributed by atoms with Gasteiger partial charge in [-0.25, -0.2) is 4.79 Å². The number of ether oxygens (including phenoxy) is 2. The van der Waals surface area contributed by atoms with Crippen LogP contribution in [0.3, 0.4) is 0 Å². The fourth-order valence-electron chi connectivity index (χ4n) is 3.84. The molecule has 1 amide bonds. The second-order valence-electron chi connectivity index (χ2n) is 7.70. The minimum absolute atomic E-state index is 0.262. The summed E-state index contributed by atoms with van der Waals surface area (Å²) in [7, 11) is 1.32. The Bertz CT molecular complexity index is 1280. The van der Waals surface area contributed by atoms with Crippen LogP contribution in [0.2, 0.25) is 0 Å². The highest BCUT2D eigenvalue weighted by Gasteiger charge is 2.38. The van der Waals surface area contributed by atoms with Crippen LogP contribution in [0.5, 0.6) is 5.75 Å². The van der Waals surface area contributed by atoms with Gasteiger partial charge in [0.15, 0.2) is 0 Å². The fraction of sp³-hybridized carbons (Fsp3) is 0.143. The number of nitrogens with zero attached hydrogens (tertiary/aromatic N) is 1. The van der Waals surface area contributed by atoms with E-state index >= 15 is 0 Å². The molecule has 0 spiro atoms. The summed E-state index contributed by atoms with van der Waals surface area (Å²) >= 11 is 1.59. The number of esters is 1. The lowest BCUT2D eigenvalue weighted by atomic mass is 10.0. The van der Waals surface area contributed by atoms with Crippen molar-refractivity contribution in [2.45, 2.75) is 18.4 Å². The second kappa shape index (κ2) is 10.4. The van der Waals surface area contributed by atoms with Gasteiger partial charge in [-0.15, -0.1) is 11.8 Å². The molecule has 0 N–H and O–H groups in total. The molecule has 0 bridgehead atoms. The Hall–Kier alpha value is -3.77. The zero-order chi connectivity index (χ0) is 24.1. The molecule has 172 valence electrons. The van der Waals surface area contributed by atoms with E-state index in [0.29, 0.717) is 29.3 Å². The maximum Gasteiger partial charge on any atom is 0.340 e. The average molecular weight is 472 g/mol. The fourth-order valence-corrected chi connectivity index (χ4v) is 4.30. The Labute approximate surface area is 203 Å². The number of carbonyl (C=O) groups excluding carboxylic acids is 2. The van der Waals surface area contributed by atoms with Crippen molar-refractivity contribution in [1.82, 2.24) is 0 Å². The lowest BCUT2D eigenvalue weighted by Crippen LogP contribution is -2.24. The van der Waals surface area contributed by atoms with E-state index in [1.54, 1.807) is 29.7 Å². The van der Waals surface area contributed by atoms with Crippen molar-refractivity contribution >= 4 is 35.4 Å². The molecule has 3 aromatic rings. The number of rotatable bonds is 7. The highest BCUT2D eigenvalue weighted by molar-refractivity contribution is 7.98. The van der Waals surface area contributed by atoms with E-state index in [4.69, 9.17) is 9.47 Å². The number of thioether (sulfide) groups is 1. The average Bonchev–Trinajstić information content (AvgIpc) is 3.12. The molecule has 0 aromatic heterocycles. The van der Waals surface area contributed by atoms with E-state index in [1.165, 1.54) is 7.11 Å². The number of amides is 1. The number of allylic oxidation sites excluding steroid dienone is 1.